The van der Waals surface area contributed by atoms with E-state index in [0.29, 0.717) is 6.54 Å². The van der Waals surface area contributed by atoms with Crippen LogP contribution in [0.2, 0.25) is 0 Å². The van der Waals surface area contributed by atoms with E-state index in [1.54, 1.807) is 38.1 Å². The fourth-order valence-corrected chi connectivity index (χ4v) is 5.25. The zero-order valence-corrected chi connectivity index (χ0v) is 23.2. The lowest BCUT2D eigenvalue weighted by atomic mass is 9.95. The number of likely N-dealkylation sites (tertiary alicyclic amines) is 1. The highest BCUT2D eigenvalue weighted by atomic mass is 19.1. The van der Waals surface area contributed by atoms with Gasteiger partial charge in [0.25, 0.3) is 5.91 Å². The van der Waals surface area contributed by atoms with Gasteiger partial charge >= 0.3 is 0 Å². The molecule has 3 aromatic carbocycles. The van der Waals surface area contributed by atoms with Gasteiger partial charge in [-0.2, -0.15) is 0 Å². The lowest BCUT2D eigenvalue weighted by molar-refractivity contribution is -0.118. The van der Waals surface area contributed by atoms with Gasteiger partial charge in [0.1, 0.15) is 19.3 Å². The third-order valence-corrected chi connectivity index (χ3v) is 7.59. The van der Waals surface area contributed by atoms with Crippen LogP contribution in [-0.4, -0.2) is 65.7 Å². The average molecular weight is 563 g/mol. The monoisotopic (exact) mass is 562 g/mol. The largest absolute Gasteiger partial charge is 0.486 e. The van der Waals surface area contributed by atoms with E-state index in [1.807, 2.05) is 24.3 Å². The summed E-state index contributed by atoms with van der Waals surface area (Å²) in [6.45, 7) is 5.85. The van der Waals surface area contributed by atoms with Crippen LogP contribution in [0.5, 0.6) is 11.5 Å². The van der Waals surface area contributed by atoms with Crippen LogP contribution in [0, 0.1) is 5.82 Å². The molecule has 3 N–H and O–H groups in total. The van der Waals surface area contributed by atoms with Crippen molar-refractivity contribution in [2.45, 2.75) is 44.4 Å². The predicted molar refractivity (Wildman–Crippen MR) is 151 cm³/mol. The van der Waals surface area contributed by atoms with Gasteiger partial charge in [-0.1, -0.05) is 48.5 Å². The van der Waals surface area contributed by atoms with Crippen molar-refractivity contribution in [1.82, 2.24) is 10.2 Å². The number of hydrogen-bond donors (Lipinski definition) is 3. The Labute approximate surface area is 238 Å². The van der Waals surface area contributed by atoms with E-state index >= 15 is 0 Å². The maximum absolute atomic E-state index is 14.7. The SMILES string of the molecule is CC(C)(O)c1ccc(-c2ccc(C(=O)C(=O)N[C@H](CN3CCCC3)[C@H](O)c3cc(F)c4c(c3)OCCO4)cc2)cc1. The summed E-state index contributed by atoms with van der Waals surface area (Å²) in [6, 6.07) is 16.0. The highest BCUT2D eigenvalue weighted by Crippen LogP contribution is 2.36. The second-order valence-corrected chi connectivity index (χ2v) is 11.1. The molecule has 3 aromatic rings. The minimum atomic E-state index is -1.29. The van der Waals surface area contributed by atoms with E-state index in [4.69, 9.17) is 9.47 Å². The number of fused-ring (bicyclic) bond motifs is 1. The Hall–Kier alpha value is -3.79. The van der Waals surface area contributed by atoms with Crippen molar-refractivity contribution < 1.29 is 33.7 Å². The number of nitrogens with zero attached hydrogens (tertiary/aromatic N) is 1. The number of amides is 1. The second kappa shape index (κ2) is 12.0. The number of aliphatic hydroxyl groups is 2. The van der Waals surface area contributed by atoms with E-state index in [9.17, 15) is 24.2 Å². The normalized spacial score (nSPS) is 16.7. The first-order chi connectivity index (χ1) is 19.6. The molecule has 2 atom stereocenters. The molecule has 0 saturated carbocycles. The number of benzene rings is 3. The van der Waals surface area contributed by atoms with Crippen molar-refractivity contribution in [3.05, 3.63) is 83.2 Å². The third kappa shape index (κ3) is 6.59. The lowest BCUT2D eigenvalue weighted by Gasteiger charge is -2.29. The first kappa shape index (κ1) is 28.7. The summed E-state index contributed by atoms with van der Waals surface area (Å²) in [4.78, 5) is 28.3. The smallest absolute Gasteiger partial charge is 0.292 e. The summed E-state index contributed by atoms with van der Waals surface area (Å²) < 4.78 is 25.6. The van der Waals surface area contributed by atoms with Gasteiger partial charge in [-0.25, -0.2) is 4.39 Å². The van der Waals surface area contributed by atoms with Crippen LogP contribution in [0.4, 0.5) is 4.39 Å². The van der Waals surface area contributed by atoms with Crippen molar-refractivity contribution in [2.24, 2.45) is 0 Å². The number of hydrogen-bond acceptors (Lipinski definition) is 7. The molecule has 0 aromatic heterocycles. The number of carbonyl (C=O) groups excluding carboxylic acids is 2. The van der Waals surface area contributed by atoms with Crippen LogP contribution in [0.25, 0.3) is 11.1 Å². The minimum absolute atomic E-state index is 0.000804. The first-order valence-electron chi connectivity index (χ1n) is 13.9. The topological polar surface area (TPSA) is 108 Å². The highest BCUT2D eigenvalue weighted by Gasteiger charge is 2.31. The van der Waals surface area contributed by atoms with Gasteiger partial charge in [-0.05, 0) is 74.2 Å². The third-order valence-electron chi connectivity index (χ3n) is 7.59. The Bertz CT molecular complexity index is 1400. The van der Waals surface area contributed by atoms with Crippen LogP contribution in [0.3, 0.4) is 0 Å². The number of ketones is 1. The highest BCUT2D eigenvalue weighted by molar-refractivity contribution is 6.42. The summed E-state index contributed by atoms with van der Waals surface area (Å²) >= 11 is 0. The fourth-order valence-electron chi connectivity index (χ4n) is 5.25. The van der Waals surface area contributed by atoms with Gasteiger partial charge < -0.3 is 29.9 Å². The standard InChI is InChI=1S/C32H35FN2O6/c1-32(2,39)24-11-9-21(10-12-24)20-5-7-22(8-6-20)29(37)31(38)34-26(19-35-13-3-4-14-35)28(36)23-17-25(33)30-27(18-23)40-15-16-41-30/h5-12,17-18,26,28,36,39H,3-4,13-16,19H2,1-2H3,(H,34,38)/t26-,28-/m1/s1. The molecule has 41 heavy (non-hydrogen) atoms. The fraction of sp³-hybridized carbons (Fsp3) is 0.375. The summed E-state index contributed by atoms with van der Waals surface area (Å²) in [7, 11) is 0. The zero-order valence-electron chi connectivity index (χ0n) is 23.2. The molecule has 2 aliphatic heterocycles. The molecule has 8 nitrogen and oxygen atoms in total. The number of nitrogens with one attached hydrogen (secondary N) is 1. The molecule has 0 unspecified atom stereocenters. The zero-order chi connectivity index (χ0) is 29.1. The van der Waals surface area contributed by atoms with Crippen LogP contribution in [0.15, 0.2) is 60.7 Å². The molecule has 216 valence electrons. The van der Waals surface area contributed by atoms with E-state index in [1.165, 1.54) is 12.1 Å². The van der Waals surface area contributed by atoms with Gasteiger partial charge in [-0.3, -0.25) is 9.59 Å². The molecule has 1 saturated heterocycles. The maximum Gasteiger partial charge on any atom is 0.292 e. The van der Waals surface area contributed by atoms with E-state index in [2.05, 4.69) is 10.2 Å². The van der Waals surface area contributed by atoms with E-state index < -0.39 is 35.3 Å². The van der Waals surface area contributed by atoms with E-state index in [0.717, 1.165) is 42.6 Å². The quantitative estimate of drug-likeness (QED) is 0.267. The van der Waals surface area contributed by atoms with Crippen LogP contribution >= 0.6 is 0 Å². The van der Waals surface area contributed by atoms with Crippen LogP contribution < -0.4 is 14.8 Å². The number of aliphatic hydroxyl groups excluding tert-OH is 1. The van der Waals surface area contributed by atoms with Gasteiger partial charge in [0, 0.05) is 12.1 Å². The lowest BCUT2D eigenvalue weighted by Crippen LogP contribution is -2.48. The molecule has 9 heteroatoms. The number of ether oxygens (including phenoxy) is 2. The molecule has 0 spiro atoms. The number of Topliss-reactive ketones (excluding diaryl/α,β-unsaturated/α-hetero) is 1. The van der Waals surface area contributed by atoms with Crippen molar-refractivity contribution in [2.75, 3.05) is 32.8 Å². The molecule has 0 bridgehead atoms. The molecule has 0 radical (unpaired) electrons. The summed E-state index contributed by atoms with van der Waals surface area (Å²) in [6.07, 6.45) is 0.717. The van der Waals surface area contributed by atoms with Crippen LogP contribution in [0.1, 0.15) is 54.3 Å². The number of halogens is 1. The number of carbonyl (C=O) groups is 2. The van der Waals surface area contributed by atoms with Gasteiger partial charge in [0.05, 0.1) is 11.6 Å². The molecule has 2 heterocycles. The van der Waals surface area contributed by atoms with Crippen molar-refractivity contribution in [1.29, 1.82) is 0 Å². The van der Waals surface area contributed by atoms with Crippen LogP contribution in [-0.2, 0) is 10.4 Å². The van der Waals surface area contributed by atoms with Crippen molar-refractivity contribution in [3.8, 4) is 22.6 Å². The Morgan fingerprint density at radius 1 is 0.976 bits per heavy atom. The Morgan fingerprint density at radius 2 is 1.59 bits per heavy atom. The average Bonchev–Trinajstić information content (AvgIpc) is 3.49. The molecule has 1 amide bonds. The Kier molecular flexibility index (Phi) is 8.40. The maximum atomic E-state index is 14.7. The molecular weight excluding hydrogens is 527 g/mol. The Balaban J connectivity index is 1.31. The van der Waals surface area contributed by atoms with Gasteiger partial charge in [0.2, 0.25) is 5.78 Å². The second-order valence-electron chi connectivity index (χ2n) is 11.1. The molecule has 5 rings (SSSR count). The molecule has 0 aliphatic carbocycles. The van der Waals surface area contributed by atoms with Gasteiger partial charge in [0.15, 0.2) is 17.3 Å². The van der Waals surface area contributed by atoms with E-state index in [-0.39, 0.29) is 35.8 Å². The summed E-state index contributed by atoms with van der Waals surface area (Å²) in [5, 5.41) is 24.2. The predicted octanol–water partition coefficient (Wildman–Crippen LogP) is 3.99. The summed E-state index contributed by atoms with van der Waals surface area (Å²) in [5.74, 6) is -2.05. The molecule has 1 fully saturated rings. The molecular formula is C32H35FN2O6. The van der Waals surface area contributed by atoms with Crippen molar-refractivity contribution in [3.63, 3.8) is 0 Å². The van der Waals surface area contributed by atoms with Gasteiger partial charge in [-0.15, -0.1) is 0 Å². The molecule has 2 aliphatic rings. The van der Waals surface area contributed by atoms with Crippen molar-refractivity contribution >= 4 is 11.7 Å². The summed E-state index contributed by atoms with van der Waals surface area (Å²) in [5.41, 5.74) is 2.03. The Morgan fingerprint density at radius 3 is 2.22 bits per heavy atom. The number of rotatable bonds is 9. The first-order valence-corrected chi connectivity index (χ1v) is 13.9. The minimum Gasteiger partial charge on any atom is -0.486 e.